The molecule has 3 heterocycles. The summed E-state index contributed by atoms with van der Waals surface area (Å²) in [5, 5.41) is 15.7. The SMILES string of the molecule is N#CC(=C1C=C(NCCc2cccnc2)N=CN1)c1ccccn1. The second-order valence-corrected chi connectivity index (χ2v) is 5.09. The topological polar surface area (TPSA) is 86.0 Å². The van der Waals surface area contributed by atoms with Crippen LogP contribution in [0, 0.1) is 11.3 Å². The van der Waals surface area contributed by atoms with Gasteiger partial charge in [0, 0.05) is 31.2 Å². The summed E-state index contributed by atoms with van der Waals surface area (Å²) < 4.78 is 0. The Hall–Kier alpha value is -3.46. The average molecular weight is 316 g/mol. The molecule has 6 nitrogen and oxygen atoms in total. The molecule has 0 atom stereocenters. The Morgan fingerprint density at radius 2 is 2.17 bits per heavy atom. The molecule has 1 aliphatic rings. The number of hydrogen-bond acceptors (Lipinski definition) is 6. The van der Waals surface area contributed by atoms with Crippen LogP contribution in [0.3, 0.4) is 0 Å². The first-order chi connectivity index (χ1) is 11.9. The summed E-state index contributed by atoms with van der Waals surface area (Å²) in [4.78, 5) is 12.6. The number of hydrogen-bond donors (Lipinski definition) is 2. The van der Waals surface area contributed by atoms with E-state index in [-0.39, 0.29) is 0 Å². The van der Waals surface area contributed by atoms with E-state index in [1.165, 1.54) is 0 Å². The second-order valence-electron chi connectivity index (χ2n) is 5.09. The zero-order valence-corrected chi connectivity index (χ0v) is 13.0. The molecule has 0 saturated heterocycles. The molecule has 0 radical (unpaired) electrons. The van der Waals surface area contributed by atoms with Gasteiger partial charge in [0.25, 0.3) is 0 Å². The summed E-state index contributed by atoms with van der Waals surface area (Å²) in [6, 6.07) is 11.6. The zero-order valence-electron chi connectivity index (χ0n) is 13.0. The largest absolute Gasteiger partial charge is 0.370 e. The van der Waals surface area contributed by atoms with E-state index in [1.54, 1.807) is 18.7 Å². The lowest BCUT2D eigenvalue weighted by atomic mass is 10.1. The molecule has 2 N–H and O–H groups in total. The molecule has 1 aliphatic heterocycles. The van der Waals surface area contributed by atoms with Gasteiger partial charge in [0.15, 0.2) is 0 Å². The van der Waals surface area contributed by atoms with Crippen LogP contribution >= 0.6 is 0 Å². The van der Waals surface area contributed by atoms with Gasteiger partial charge in [-0.25, -0.2) is 4.99 Å². The molecule has 0 saturated carbocycles. The smallest absolute Gasteiger partial charge is 0.129 e. The number of pyridine rings is 2. The Labute approximate surface area is 140 Å². The van der Waals surface area contributed by atoms with Crippen molar-refractivity contribution in [3.63, 3.8) is 0 Å². The van der Waals surface area contributed by atoms with Crippen LogP contribution < -0.4 is 10.6 Å². The molecule has 118 valence electrons. The van der Waals surface area contributed by atoms with E-state index in [0.29, 0.717) is 22.8 Å². The second kappa shape index (κ2) is 7.70. The third kappa shape index (κ3) is 3.84. The van der Waals surface area contributed by atoms with Crippen molar-refractivity contribution in [1.82, 2.24) is 20.6 Å². The van der Waals surface area contributed by atoms with Crippen molar-refractivity contribution in [3.05, 3.63) is 77.8 Å². The summed E-state index contributed by atoms with van der Waals surface area (Å²) in [6.45, 7) is 0.730. The van der Waals surface area contributed by atoms with E-state index in [9.17, 15) is 5.26 Å². The molecule has 0 amide bonds. The lowest BCUT2D eigenvalue weighted by Gasteiger charge is -2.14. The molecule has 6 heteroatoms. The van der Waals surface area contributed by atoms with Crippen LogP contribution in [0.2, 0.25) is 0 Å². The highest BCUT2D eigenvalue weighted by Gasteiger charge is 2.11. The quantitative estimate of drug-likeness (QED) is 0.824. The van der Waals surface area contributed by atoms with Crippen LogP contribution in [0.1, 0.15) is 11.3 Å². The highest BCUT2D eigenvalue weighted by molar-refractivity contribution is 5.82. The lowest BCUT2D eigenvalue weighted by molar-refractivity contribution is 0.771. The normalized spacial score (nSPS) is 15.0. The van der Waals surface area contributed by atoms with Crippen LogP contribution in [0.25, 0.3) is 5.57 Å². The van der Waals surface area contributed by atoms with E-state index in [4.69, 9.17) is 0 Å². The number of nitrogens with one attached hydrogen (secondary N) is 2. The van der Waals surface area contributed by atoms with E-state index < -0.39 is 0 Å². The van der Waals surface area contributed by atoms with Crippen molar-refractivity contribution < 1.29 is 0 Å². The van der Waals surface area contributed by atoms with Gasteiger partial charge in [0.1, 0.15) is 17.5 Å². The van der Waals surface area contributed by atoms with Crippen molar-refractivity contribution in [2.24, 2.45) is 4.99 Å². The minimum absolute atomic E-state index is 0.480. The number of nitriles is 1. The summed E-state index contributed by atoms with van der Waals surface area (Å²) in [7, 11) is 0. The highest BCUT2D eigenvalue weighted by atomic mass is 15.1. The van der Waals surface area contributed by atoms with Gasteiger partial charge in [-0.2, -0.15) is 5.26 Å². The molecular formula is C18H16N6. The fourth-order valence-corrected chi connectivity index (χ4v) is 2.28. The molecule has 24 heavy (non-hydrogen) atoms. The maximum Gasteiger partial charge on any atom is 0.129 e. The Kier molecular flexibility index (Phi) is 4.95. The monoisotopic (exact) mass is 316 g/mol. The molecule has 0 aliphatic carbocycles. The fourth-order valence-electron chi connectivity index (χ4n) is 2.28. The Morgan fingerprint density at radius 3 is 2.92 bits per heavy atom. The molecule has 3 rings (SSSR count). The molecule has 2 aromatic heterocycles. The average Bonchev–Trinajstić information content (AvgIpc) is 2.65. The third-order valence-corrected chi connectivity index (χ3v) is 3.45. The predicted molar refractivity (Wildman–Crippen MR) is 92.4 cm³/mol. The van der Waals surface area contributed by atoms with Gasteiger partial charge in [-0.15, -0.1) is 0 Å². The molecule has 0 spiro atoms. The predicted octanol–water partition coefficient (Wildman–Crippen LogP) is 2.02. The lowest BCUT2D eigenvalue weighted by Crippen LogP contribution is -2.22. The van der Waals surface area contributed by atoms with Gasteiger partial charge in [-0.1, -0.05) is 12.1 Å². The summed E-state index contributed by atoms with van der Waals surface area (Å²) >= 11 is 0. The van der Waals surface area contributed by atoms with E-state index in [2.05, 4.69) is 31.7 Å². The molecule has 0 aromatic carbocycles. The first-order valence-corrected chi connectivity index (χ1v) is 7.56. The van der Waals surface area contributed by atoms with E-state index >= 15 is 0 Å². The van der Waals surface area contributed by atoms with Gasteiger partial charge in [-0.3, -0.25) is 9.97 Å². The van der Waals surface area contributed by atoms with Crippen molar-refractivity contribution in [2.75, 3.05) is 6.54 Å². The number of aromatic nitrogens is 2. The van der Waals surface area contributed by atoms with Gasteiger partial charge < -0.3 is 10.6 Å². The molecule has 0 bridgehead atoms. The number of rotatable bonds is 5. The number of allylic oxidation sites excluding steroid dienone is 2. The highest BCUT2D eigenvalue weighted by Crippen LogP contribution is 2.17. The van der Waals surface area contributed by atoms with Gasteiger partial charge in [-0.05, 0) is 30.2 Å². The number of aliphatic imine (C=N–C) groups is 1. The van der Waals surface area contributed by atoms with Crippen molar-refractivity contribution in [1.29, 1.82) is 5.26 Å². The Bertz CT molecular complexity index is 816. The maximum absolute atomic E-state index is 9.45. The van der Waals surface area contributed by atoms with Crippen LogP contribution in [0.15, 0.2) is 71.5 Å². The zero-order chi connectivity index (χ0) is 16.6. The third-order valence-electron chi connectivity index (χ3n) is 3.45. The molecule has 0 unspecified atom stereocenters. The standard InChI is InChI=1S/C18H16N6/c19-11-15(16-5-1-2-8-21-16)17-10-18(24-13-23-17)22-9-6-14-4-3-7-20-12-14/h1-5,7-8,10,12-13,22H,6,9H2,(H,23,24). The van der Waals surface area contributed by atoms with E-state index in [1.807, 2.05) is 42.6 Å². The van der Waals surface area contributed by atoms with Crippen molar-refractivity contribution in [3.8, 4) is 6.07 Å². The van der Waals surface area contributed by atoms with Crippen LogP contribution in [-0.2, 0) is 6.42 Å². The fraction of sp³-hybridized carbons (Fsp3) is 0.111. The first-order valence-electron chi connectivity index (χ1n) is 7.56. The molecular weight excluding hydrogens is 300 g/mol. The summed E-state index contributed by atoms with van der Waals surface area (Å²) in [5.74, 6) is 0.705. The van der Waals surface area contributed by atoms with E-state index in [0.717, 1.165) is 18.5 Å². The Balaban J connectivity index is 1.72. The van der Waals surface area contributed by atoms with Crippen LogP contribution in [0.4, 0.5) is 0 Å². The van der Waals surface area contributed by atoms with Gasteiger partial charge >= 0.3 is 0 Å². The van der Waals surface area contributed by atoms with Gasteiger partial charge in [0.2, 0.25) is 0 Å². The van der Waals surface area contributed by atoms with Crippen LogP contribution in [-0.4, -0.2) is 22.9 Å². The maximum atomic E-state index is 9.45. The summed E-state index contributed by atoms with van der Waals surface area (Å²) in [6.07, 6.45) is 9.51. The molecule has 2 aromatic rings. The first kappa shape index (κ1) is 15.4. The number of nitrogens with zero attached hydrogens (tertiary/aromatic N) is 4. The van der Waals surface area contributed by atoms with Crippen molar-refractivity contribution >= 4 is 11.9 Å². The summed E-state index contributed by atoms with van der Waals surface area (Å²) in [5.41, 5.74) is 2.94. The Morgan fingerprint density at radius 1 is 1.21 bits per heavy atom. The minimum Gasteiger partial charge on any atom is -0.370 e. The van der Waals surface area contributed by atoms with Crippen molar-refractivity contribution in [2.45, 2.75) is 6.42 Å². The van der Waals surface area contributed by atoms with Gasteiger partial charge in [0.05, 0.1) is 17.7 Å². The molecule has 0 fully saturated rings. The van der Waals surface area contributed by atoms with Crippen LogP contribution in [0.5, 0.6) is 0 Å². The minimum atomic E-state index is 0.480.